The molecule has 20 heavy (non-hydrogen) atoms. The fraction of sp³-hybridized carbons (Fsp3) is 0.846. The average Bonchev–Trinajstić information content (AvgIpc) is 2.35. The molecule has 116 valence electrons. The predicted molar refractivity (Wildman–Crippen MR) is 72.5 cm³/mol. The van der Waals surface area contributed by atoms with Gasteiger partial charge in [-0.1, -0.05) is 0 Å². The van der Waals surface area contributed by atoms with Crippen molar-refractivity contribution < 1.29 is 24.5 Å². The highest BCUT2D eigenvalue weighted by Gasteiger charge is 2.35. The Balaban J connectivity index is 2.33. The van der Waals surface area contributed by atoms with Crippen molar-refractivity contribution in [1.82, 2.24) is 10.2 Å². The van der Waals surface area contributed by atoms with E-state index in [0.717, 1.165) is 0 Å². The van der Waals surface area contributed by atoms with Gasteiger partial charge in [0.2, 0.25) is 0 Å². The van der Waals surface area contributed by atoms with Crippen molar-refractivity contribution in [2.24, 2.45) is 0 Å². The zero-order valence-electron chi connectivity index (χ0n) is 12.1. The van der Waals surface area contributed by atoms with E-state index in [1.165, 1.54) is 0 Å². The molecule has 3 N–H and O–H groups in total. The molecule has 0 aromatic heterocycles. The lowest BCUT2D eigenvalue weighted by molar-refractivity contribution is -0.138. The van der Waals surface area contributed by atoms with Gasteiger partial charge in [-0.2, -0.15) is 0 Å². The second-order valence-corrected chi connectivity index (χ2v) is 5.65. The molecule has 1 fully saturated rings. The summed E-state index contributed by atoms with van der Waals surface area (Å²) >= 11 is 0. The Bertz CT molecular complexity index is 346. The van der Waals surface area contributed by atoms with Crippen LogP contribution in [0.3, 0.4) is 0 Å². The first-order valence-corrected chi connectivity index (χ1v) is 6.87. The molecule has 0 aromatic rings. The molecule has 7 nitrogen and oxygen atoms in total. The van der Waals surface area contributed by atoms with Gasteiger partial charge in [-0.15, -0.1) is 0 Å². The molecular weight excluding hydrogens is 264 g/mol. The summed E-state index contributed by atoms with van der Waals surface area (Å²) < 4.78 is 5.64. The van der Waals surface area contributed by atoms with Crippen LogP contribution in [0.15, 0.2) is 0 Å². The Morgan fingerprint density at radius 2 is 2.10 bits per heavy atom. The van der Waals surface area contributed by atoms with Crippen molar-refractivity contribution in [2.75, 3.05) is 26.2 Å². The van der Waals surface area contributed by atoms with Crippen LogP contribution >= 0.6 is 0 Å². The van der Waals surface area contributed by atoms with Gasteiger partial charge in [0.15, 0.2) is 0 Å². The first-order chi connectivity index (χ1) is 9.34. The SMILES string of the molecule is CC1(C)CN(C(=O)NCCCCC(=O)O)CC(CO)O1. The van der Waals surface area contributed by atoms with Crippen molar-refractivity contribution in [3.8, 4) is 0 Å². The van der Waals surface area contributed by atoms with Gasteiger partial charge >= 0.3 is 12.0 Å². The smallest absolute Gasteiger partial charge is 0.317 e. The van der Waals surface area contributed by atoms with Gasteiger partial charge in [0.25, 0.3) is 0 Å². The number of amides is 2. The number of ether oxygens (including phenoxy) is 1. The molecule has 1 rings (SSSR count). The van der Waals surface area contributed by atoms with Crippen LogP contribution in [0.2, 0.25) is 0 Å². The number of urea groups is 1. The Hall–Kier alpha value is -1.34. The highest BCUT2D eigenvalue weighted by molar-refractivity contribution is 5.74. The molecule has 1 atom stereocenters. The molecule has 1 saturated heterocycles. The molecule has 0 spiro atoms. The number of carboxylic acid groups (broad SMARTS) is 1. The zero-order valence-corrected chi connectivity index (χ0v) is 12.1. The molecule has 0 radical (unpaired) electrons. The maximum atomic E-state index is 12.0. The van der Waals surface area contributed by atoms with Crippen LogP contribution in [-0.2, 0) is 9.53 Å². The Kier molecular flexibility index (Phi) is 6.22. The first kappa shape index (κ1) is 16.7. The summed E-state index contributed by atoms with van der Waals surface area (Å²) in [5, 5.41) is 20.5. The van der Waals surface area contributed by atoms with Crippen LogP contribution in [0, 0.1) is 0 Å². The quantitative estimate of drug-likeness (QED) is 0.615. The molecule has 1 unspecified atom stereocenters. The summed E-state index contributed by atoms with van der Waals surface area (Å²) in [5.41, 5.74) is -0.480. The summed E-state index contributed by atoms with van der Waals surface area (Å²) in [6, 6.07) is -0.199. The van der Waals surface area contributed by atoms with Crippen molar-refractivity contribution in [3.05, 3.63) is 0 Å². The van der Waals surface area contributed by atoms with Gasteiger partial charge in [-0.25, -0.2) is 4.79 Å². The van der Waals surface area contributed by atoms with Crippen LogP contribution in [0.5, 0.6) is 0 Å². The topological polar surface area (TPSA) is 99.1 Å². The van der Waals surface area contributed by atoms with Gasteiger partial charge in [0.05, 0.1) is 31.4 Å². The van der Waals surface area contributed by atoms with Crippen molar-refractivity contribution >= 4 is 12.0 Å². The molecule has 0 bridgehead atoms. The molecule has 1 heterocycles. The first-order valence-electron chi connectivity index (χ1n) is 6.87. The molecule has 0 saturated carbocycles. The number of carbonyl (C=O) groups is 2. The van der Waals surface area contributed by atoms with Crippen LogP contribution in [-0.4, -0.2) is 65.1 Å². The van der Waals surface area contributed by atoms with Crippen molar-refractivity contribution in [3.63, 3.8) is 0 Å². The second-order valence-electron chi connectivity index (χ2n) is 5.65. The zero-order chi connectivity index (χ0) is 15.2. The van der Waals surface area contributed by atoms with Gasteiger partial charge in [0, 0.05) is 13.0 Å². The third-order valence-electron chi connectivity index (χ3n) is 3.07. The summed E-state index contributed by atoms with van der Waals surface area (Å²) in [6.45, 7) is 4.91. The minimum Gasteiger partial charge on any atom is -0.481 e. The second kappa shape index (κ2) is 7.44. The van der Waals surface area contributed by atoms with E-state index in [4.69, 9.17) is 9.84 Å². The number of morpholine rings is 1. The Labute approximate surface area is 118 Å². The number of aliphatic hydroxyl groups excluding tert-OH is 1. The normalized spacial score (nSPS) is 21.6. The van der Waals surface area contributed by atoms with Crippen LogP contribution < -0.4 is 5.32 Å². The largest absolute Gasteiger partial charge is 0.481 e. The highest BCUT2D eigenvalue weighted by Crippen LogP contribution is 2.20. The van der Waals surface area contributed by atoms with Gasteiger partial charge in [0.1, 0.15) is 0 Å². The summed E-state index contributed by atoms with van der Waals surface area (Å²) in [6.07, 6.45) is 0.933. The number of hydrogen-bond donors (Lipinski definition) is 3. The number of carboxylic acids is 1. The number of aliphatic carboxylic acids is 1. The van der Waals surface area contributed by atoms with E-state index in [0.29, 0.717) is 32.5 Å². The van der Waals surface area contributed by atoms with E-state index in [1.807, 2.05) is 13.8 Å². The van der Waals surface area contributed by atoms with Gasteiger partial charge < -0.3 is 25.2 Å². The molecule has 7 heteroatoms. The minimum absolute atomic E-state index is 0.118. The minimum atomic E-state index is -0.822. The van der Waals surface area contributed by atoms with E-state index in [9.17, 15) is 14.7 Å². The summed E-state index contributed by atoms with van der Waals surface area (Å²) in [4.78, 5) is 24.0. The average molecular weight is 288 g/mol. The van der Waals surface area contributed by atoms with Crippen molar-refractivity contribution in [2.45, 2.75) is 44.8 Å². The number of nitrogens with zero attached hydrogens (tertiary/aromatic N) is 1. The van der Waals surface area contributed by atoms with E-state index in [1.54, 1.807) is 4.90 Å². The number of rotatable bonds is 6. The highest BCUT2D eigenvalue weighted by atomic mass is 16.5. The monoisotopic (exact) mass is 288 g/mol. The number of carbonyl (C=O) groups excluding carboxylic acids is 1. The number of unbranched alkanes of at least 4 members (excludes halogenated alkanes) is 1. The third-order valence-corrected chi connectivity index (χ3v) is 3.07. The van der Waals surface area contributed by atoms with E-state index in [-0.39, 0.29) is 25.2 Å². The van der Waals surface area contributed by atoms with Crippen molar-refractivity contribution in [1.29, 1.82) is 0 Å². The molecular formula is C13H24N2O5. The Morgan fingerprint density at radius 3 is 2.70 bits per heavy atom. The van der Waals surface area contributed by atoms with E-state index >= 15 is 0 Å². The van der Waals surface area contributed by atoms with E-state index in [2.05, 4.69) is 5.32 Å². The van der Waals surface area contributed by atoms with Gasteiger partial charge in [-0.05, 0) is 26.7 Å². The van der Waals surface area contributed by atoms with E-state index < -0.39 is 11.6 Å². The fourth-order valence-electron chi connectivity index (χ4n) is 2.25. The maximum absolute atomic E-state index is 12.0. The number of hydrogen-bond acceptors (Lipinski definition) is 4. The molecule has 1 aliphatic rings. The molecule has 1 aliphatic heterocycles. The van der Waals surface area contributed by atoms with Crippen LogP contribution in [0.1, 0.15) is 33.1 Å². The predicted octanol–water partition coefficient (Wildman–Crippen LogP) is 0.423. The van der Waals surface area contributed by atoms with Crippen LogP contribution in [0.25, 0.3) is 0 Å². The third kappa shape index (κ3) is 5.75. The fourth-order valence-corrected chi connectivity index (χ4v) is 2.25. The molecule has 0 aliphatic carbocycles. The maximum Gasteiger partial charge on any atom is 0.317 e. The number of nitrogens with one attached hydrogen (secondary N) is 1. The molecule has 2 amide bonds. The van der Waals surface area contributed by atoms with Crippen LogP contribution in [0.4, 0.5) is 4.79 Å². The number of aliphatic hydroxyl groups is 1. The summed E-state index contributed by atoms with van der Waals surface area (Å²) in [7, 11) is 0. The van der Waals surface area contributed by atoms with Gasteiger partial charge in [-0.3, -0.25) is 4.79 Å². The lowest BCUT2D eigenvalue weighted by atomic mass is 10.1. The Morgan fingerprint density at radius 1 is 1.40 bits per heavy atom. The standard InChI is InChI=1S/C13H24N2O5/c1-13(2)9-15(7-10(8-16)20-13)12(19)14-6-4-3-5-11(17)18/h10,16H,3-9H2,1-2H3,(H,14,19)(H,17,18). The molecule has 0 aromatic carbocycles. The lowest BCUT2D eigenvalue weighted by Gasteiger charge is -2.42. The lowest BCUT2D eigenvalue weighted by Crippen LogP contribution is -2.57. The summed E-state index contributed by atoms with van der Waals surface area (Å²) in [5.74, 6) is -0.822.